The molecule has 0 aliphatic carbocycles. The van der Waals surface area contributed by atoms with Crippen LogP contribution in [0.2, 0.25) is 0 Å². The Kier molecular flexibility index (Phi) is 6.21. The summed E-state index contributed by atoms with van der Waals surface area (Å²) in [7, 11) is 0. The number of pyridine rings is 1. The maximum atomic E-state index is 12.2. The normalized spacial score (nSPS) is 12.6. The summed E-state index contributed by atoms with van der Waals surface area (Å²) in [6.07, 6.45) is -0.969. The smallest absolute Gasteiger partial charge is 0.408 e. The molecule has 31 heavy (non-hydrogen) atoms. The van der Waals surface area contributed by atoms with Crippen LogP contribution >= 0.6 is 15.9 Å². The second-order valence-corrected chi connectivity index (χ2v) is 10.1. The number of benzene rings is 1. The summed E-state index contributed by atoms with van der Waals surface area (Å²) in [5.74, 6) is 1.02. The van der Waals surface area contributed by atoms with Gasteiger partial charge in [0.2, 0.25) is 0 Å². The van der Waals surface area contributed by atoms with Crippen LogP contribution in [0.1, 0.15) is 47.4 Å². The highest BCUT2D eigenvalue weighted by Crippen LogP contribution is 2.34. The minimum Gasteiger partial charge on any atom is -0.465 e. The summed E-state index contributed by atoms with van der Waals surface area (Å²) in [5.41, 5.74) is 7.12. The van der Waals surface area contributed by atoms with E-state index in [9.17, 15) is 9.90 Å². The molecule has 1 aromatic carbocycles. The number of rotatable bonds is 6. The van der Waals surface area contributed by atoms with Crippen LogP contribution in [0, 0.1) is 0 Å². The van der Waals surface area contributed by atoms with Gasteiger partial charge in [0.25, 0.3) is 0 Å². The van der Waals surface area contributed by atoms with Gasteiger partial charge in [-0.1, -0.05) is 15.9 Å². The van der Waals surface area contributed by atoms with Gasteiger partial charge in [-0.2, -0.15) is 0 Å². The Morgan fingerprint density at radius 1 is 1.26 bits per heavy atom. The Morgan fingerprint density at radius 3 is 2.52 bits per heavy atom. The van der Waals surface area contributed by atoms with Gasteiger partial charge < -0.3 is 20.1 Å². The van der Waals surface area contributed by atoms with E-state index in [1.54, 1.807) is 0 Å². The van der Waals surface area contributed by atoms with Gasteiger partial charge in [0, 0.05) is 28.5 Å². The lowest BCUT2D eigenvalue weighted by molar-refractivity contribution is 0.0241. The first-order valence-corrected chi connectivity index (χ1v) is 11.0. The topological polar surface area (TPSA) is 107 Å². The molecule has 3 aromatic rings. The fraction of sp³-hybridized carbons (Fsp3) is 0.500. The molecule has 1 amide bonds. The van der Waals surface area contributed by atoms with Crippen LogP contribution in [0.4, 0.5) is 10.6 Å². The van der Waals surface area contributed by atoms with E-state index >= 15 is 0 Å². The number of nitrogens with two attached hydrogens (primary N) is 1. The largest absolute Gasteiger partial charge is 0.465 e. The lowest BCUT2D eigenvalue weighted by atomic mass is 9.94. The predicted molar refractivity (Wildman–Crippen MR) is 126 cm³/mol. The monoisotopic (exact) mass is 491 g/mol. The van der Waals surface area contributed by atoms with E-state index in [1.807, 2.05) is 64.3 Å². The average Bonchev–Trinajstić information content (AvgIpc) is 2.96. The van der Waals surface area contributed by atoms with Crippen LogP contribution in [0.15, 0.2) is 22.7 Å². The zero-order valence-corrected chi connectivity index (χ0v) is 20.4. The Hall–Kier alpha value is -2.39. The van der Waals surface area contributed by atoms with Crippen LogP contribution < -0.4 is 5.73 Å². The SMILES string of the molecule is CCOCc1nc2c(N)nc3cc(Br)ccc3c2n1CC(C)(C)N(C(=O)O)C(C)(C)C. The number of halogens is 1. The van der Waals surface area contributed by atoms with Crippen molar-refractivity contribution in [3.63, 3.8) is 0 Å². The highest BCUT2D eigenvalue weighted by atomic mass is 79.9. The molecule has 0 saturated heterocycles. The third kappa shape index (κ3) is 4.48. The van der Waals surface area contributed by atoms with Gasteiger partial charge in [-0.05, 0) is 59.7 Å². The standard InChI is InChI=1S/C22H30BrN5O3/c1-7-31-11-16-26-17-18(14-9-8-13(23)10-15(14)25-19(17)24)27(16)12-22(5,6)28(20(29)30)21(2,3)4/h8-10H,7,11-12H2,1-6H3,(H2,24,25)(H,29,30). The van der Waals surface area contributed by atoms with E-state index in [4.69, 9.17) is 15.5 Å². The number of amides is 1. The number of hydrogen-bond donors (Lipinski definition) is 2. The molecule has 0 aliphatic heterocycles. The van der Waals surface area contributed by atoms with Crippen LogP contribution in [0.25, 0.3) is 21.9 Å². The molecule has 168 valence electrons. The minimum absolute atomic E-state index is 0.293. The van der Waals surface area contributed by atoms with Crippen molar-refractivity contribution in [2.75, 3.05) is 12.3 Å². The maximum Gasteiger partial charge on any atom is 0.408 e. The molecule has 2 aromatic heterocycles. The van der Waals surface area contributed by atoms with E-state index in [0.717, 1.165) is 20.9 Å². The first kappa shape index (κ1) is 23.3. The van der Waals surface area contributed by atoms with Crippen LogP contribution in [-0.4, -0.2) is 48.3 Å². The van der Waals surface area contributed by atoms with E-state index in [1.165, 1.54) is 4.90 Å². The fourth-order valence-electron chi connectivity index (χ4n) is 4.32. The summed E-state index contributed by atoms with van der Waals surface area (Å²) >= 11 is 3.49. The van der Waals surface area contributed by atoms with E-state index < -0.39 is 17.2 Å². The van der Waals surface area contributed by atoms with Crippen molar-refractivity contribution < 1.29 is 14.6 Å². The highest BCUT2D eigenvalue weighted by Gasteiger charge is 2.40. The molecule has 0 spiro atoms. The summed E-state index contributed by atoms with van der Waals surface area (Å²) in [6, 6.07) is 5.83. The van der Waals surface area contributed by atoms with Gasteiger partial charge in [0.05, 0.1) is 16.6 Å². The average molecular weight is 492 g/mol. The first-order chi connectivity index (χ1) is 14.4. The molecule has 2 heterocycles. The summed E-state index contributed by atoms with van der Waals surface area (Å²) in [5, 5.41) is 10.9. The van der Waals surface area contributed by atoms with Crippen molar-refractivity contribution in [1.82, 2.24) is 19.4 Å². The van der Waals surface area contributed by atoms with Crippen molar-refractivity contribution in [2.45, 2.75) is 65.8 Å². The van der Waals surface area contributed by atoms with Crippen molar-refractivity contribution in [3.05, 3.63) is 28.5 Å². The minimum atomic E-state index is -0.969. The number of fused-ring (bicyclic) bond motifs is 3. The second kappa shape index (κ2) is 8.27. The van der Waals surface area contributed by atoms with Crippen LogP contribution in [-0.2, 0) is 17.9 Å². The molecule has 9 heteroatoms. The Balaban J connectivity index is 2.28. The third-order valence-corrected chi connectivity index (χ3v) is 5.69. The molecular formula is C22H30BrN5O3. The highest BCUT2D eigenvalue weighted by molar-refractivity contribution is 9.10. The van der Waals surface area contributed by atoms with Gasteiger partial charge >= 0.3 is 6.09 Å². The molecule has 8 nitrogen and oxygen atoms in total. The zero-order valence-electron chi connectivity index (χ0n) is 18.9. The van der Waals surface area contributed by atoms with Crippen molar-refractivity contribution in [3.8, 4) is 0 Å². The molecule has 0 saturated carbocycles. The van der Waals surface area contributed by atoms with E-state index in [-0.39, 0.29) is 0 Å². The number of nitrogens with zero attached hydrogens (tertiary/aromatic N) is 4. The van der Waals surface area contributed by atoms with Crippen LogP contribution in [0.3, 0.4) is 0 Å². The van der Waals surface area contributed by atoms with E-state index in [2.05, 4.69) is 20.9 Å². The van der Waals surface area contributed by atoms with Gasteiger partial charge in [-0.15, -0.1) is 0 Å². The number of ether oxygens (including phenoxy) is 1. The van der Waals surface area contributed by atoms with Gasteiger partial charge in [0.1, 0.15) is 17.9 Å². The van der Waals surface area contributed by atoms with Crippen molar-refractivity contribution in [1.29, 1.82) is 0 Å². The molecule has 3 N–H and O–H groups in total. The number of nitrogen functional groups attached to an aromatic ring is 1. The van der Waals surface area contributed by atoms with Crippen molar-refractivity contribution >= 4 is 49.8 Å². The third-order valence-electron chi connectivity index (χ3n) is 5.19. The van der Waals surface area contributed by atoms with Gasteiger partial charge in [-0.3, -0.25) is 4.90 Å². The molecule has 0 aliphatic rings. The Labute approximate surface area is 190 Å². The maximum absolute atomic E-state index is 12.2. The van der Waals surface area contributed by atoms with E-state index in [0.29, 0.717) is 36.9 Å². The number of hydrogen-bond acceptors (Lipinski definition) is 5. The van der Waals surface area contributed by atoms with Crippen LogP contribution in [0.5, 0.6) is 0 Å². The zero-order chi connectivity index (χ0) is 23.1. The summed E-state index contributed by atoms with van der Waals surface area (Å²) in [4.78, 5) is 22.9. The molecule has 0 unspecified atom stereocenters. The number of anilines is 1. The molecule has 0 radical (unpaired) electrons. The second-order valence-electron chi connectivity index (χ2n) is 9.21. The van der Waals surface area contributed by atoms with Gasteiger partial charge in [0.15, 0.2) is 5.82 Å². The van der Waals surface area contributed by atoms with Crippen molar-refractivity contribution in [2.24, 2.45) is 0 Å². The number of carboxylic acid groups (broad SMARTS) is 1. The number of carbonyl (C=O) groups is 1. The summed E-state index contributed by atoms with van der Waals surface area (Å²) < 4.78 is 8.60. The number of imidazole rings is 1. The van der Waals surface area contributed by atoms with Gasteiger partial charge in [-0.25, -0.2) is 14.8 Å². The molecule has 0 bridgehead atoms. The molecular weight excluding hydrogens is 462 g/mol. The lowest BCUT2D eigenvalue weighted by Gasteiger charge is -2.45. The lowest BCUT2D eigenvalue weighted by Crippen LogP contribution is -2.58. The molecule has 0 fully saturated rings. The first-order valence-electron chi connectivity index (χ1n) is 10.2. The summed E-state index contributed by atoms with van der Waals surface area (Å²) in [6.45, 7) is 12.7. The quantitative estimate of drug-likeness (QED) is 0.500. The molecule has 0 atom stereocenters. The number of aromatic nitrogens is 3. The predicted octanol–water partition coefficient (Wildman–Crippen LogP) is 5.02. The Morgan fingerprint density at radius 2 is 1.94 bits per heavy atom. The Bertz CT molecular complexity index is 1130. The fourth-order valence-corrected chi connectivity index (χ4v) is 4.67. The molecule has 3 rings (SSSR count).